The molecule has 4 nitrogen and oxygen atoms in total. The number of hydrogen-bond donors (Lipinski definition) is 2. The molecule has 0 aromatic carbocycles. The van der Waals surface area contributed by atoms with Crippen LogP contribution in [0.2, 0.25) is 0 Å². The minimum atomic E-state index is -0.554. The summed E-state index contributed by atoms with van der Waals surface area (Å²) < 4.78 is 0. The van der Waals surface area contributed by atoms with Gasteiger partial charge in [-0.15, -0.1) is 5.10 Å². The summed E-state index contributed by atoms with van der Waals surface area (Å²) in [5.41, 5.74) is 0.411. The van der Waals surface area contributed by atoms with Gasteiger partial charge in [-0.3, -0.25) is 5.10 Å². The second kappa shape index (κ2) is 2.62. The maximum atomic E-state index is 9.62. The number of H-pyrrole nitrogens is 1. The van der Waals surface area contributed by atoms with Crippen LogP contribution in [0.1, 0.15) is 32.6 Å². The third-order valence-electron chi connectivity index (χ3n) is 1.54. The van der Waals surface area contributed by atoms with Crippen LogP contribution >= 0.6 is 0 Å². The third kappa shape index (κ3) is 1.77. The number of nitrogens with zero attached hydrogens (tertiary/aromatic N) is 2. The lowest BCUT2D eigenvalue weighted by molar-refractivity contribution is 0.0588. The SMILES string of the molecule is CC(C)(C)C(O)c1c[nH]nn1. The molecular weight excluding hydrogens is 142 g/mol. The van der Waals surface area contributed by atoms with E-state index in [1.165, 1.54) is 0 Å². The topological polar surface area (TPSA) is 61.8 Å². The summed E-state index contributed by atoms with van der Waals surface area (Å²) >= 11 is 0. The van der Waals surface area contributed by atoms with Gasteiger partial charge in [-0.05, 0) is 5.41 Å². The molecule has 0 aliphatic rings. The van der Waals surface area contributed by atoms with Crippen LogP contribution in [-0.2, 0) is 0 Å². The van der Waals surface area contributed by atoms with Gasteiger partial charge in [-0.2, -0.15) is 0 Å². The molecule has 2 N–H and O–H groups in total. The van der Waals surface area contributed by atoms with Crippen molar-refractivity contribution in [2.45, 2.75) is 26.9 Å². The van der Waals surface area contributed by atoms with Gasteiger partial charge in [0.2, 0.25) is 0 Å². The molecule has 0 amide bonds. The van der Waals surface area contributed by atoms with Crippen LogP contribution in [0.4, 0.5) is 0 Å². The first-order valence-corrected chi connectivity index (χ1v) is 3.56. The molecule has 0 saturated carbocycles. The Morgan fingerprint density at radius 3 is 2.55 bits per heavy atom. The van der Waals surface area contributed by atoms with E-state index in [1.54, 1.807) is 6.20 Å². The maximum absolute atomic E-state index is 9.62. The first-order valence-electron chi connectivity index (χ1n) is 3.56. The van der Waals surface area contributed by atoms with Crippen LogP contribution in [0.5, 0.6) is 0 Å². The Bertz CT molecular complexity index is 212. The molecule has 1 atom stereocenters. The third-order valence-corrected chi connectivity index (χ3v) is 1.54. The van der Waals surface area contributed by atoms with Crippen molar-refractivity contribution in [1.82, 2.24) is 15.4 Å². The van der Waals surface area contributed by atoms with E-state index in [9.17, 15) is 5.11 Å². The molecule has 1 heterocycles. The molecule has 0 radical (unpaired) electrons. The average Bonchev–Trinajstić information content (AvgIpc) is 2.34. The number of hydrogen-bond acceptors (Lipinski definition) is 3. The van der Waals surface area contributed by atoms with Crippen molar-refractivity contribution >= 4 is 0 Å². The van der Waals surface area contributed by atoms with Crippen molar-refractivity contribution in [2.75, 3.05) is 0 Å². The fourth-order valence-corrected chi connectivity index (χ4v) is 0.788. The van der Waals surface area contributed by atoms with Crippen molar-refractivity contribution in [1.29, 1.82) is 0 Å². The second-order valence-electron chi connectivity index (χ2n) is 3.67. The van der Waals surface area contributed by atoms with Crippen LogP contribution in [0.15, 0.2) is 6.20 Å². The molecule has 0 aliphatic carbocycles. The van der Waals surface area contributed by atoms with Gasteiger partial charge in [0, 0.05) is 6.20 Å². The van der Waals surface area contributed by atoms with Crippen molar-refractivity contribution in [3.8, 4) is 0 Å². The first-order chi connectivity index (χ1) is 5.02. The molecule has 0 spiro atoms. The summed E-state index contributed by atoms with van der Waals surface area (Å²) in [5.74, 6) is 0. The lowest BCUT2D eigenvalue weighted by Crippen LogP contribution is -2.18. The van der Waals surface area contributed by atoms with E-state index < -0.39 is 6.10 Å². The highest BCUT2D eigenvalue weighted by molar-refractivity contribution is 4.99. The van der Waals surface area contributed by atoms with Gasteiger partial charge in [0.05, 0.1) is 0 Å². The number of aromatic amines is 1. The van der Waals surface area contributed by atoms with E-state index >= 15 is 0 Å². The summed E-state index contributed by atoms with van der Waals surface area (Å²) in [4.78, 5) is 0. The number of aromatic nitrogens is 3. The van der Waals surface area contributed by atoms with E-state index in [-0.39, 0.29) is 5.41 Å². The van der Waals surface area contributed by atoms with Crippen LogP contribution in [-0.4, -0.2) is 20.5 Å². The van der Waals surface area contributed by atoms with Gasteiger partial charge in [0.1, 0.15) is 11.8 Å². The second-order valence-corrected chi connectivity index (χ2v) is 3.67. The molecule has 0 aliphatic heterocycles. The largest absolute Gasteiger partial charge is 0.386 e. The Morgan fingerprint density at radius 2 is 2.18 bits per heavy atom. The summed E-state index contributed by atoms with van der Waals surface area (Å²) in [6.07, 6.45) is 1.05. The van der Waals surface area contributed by atoms with Crippen molar-refractivity contribution < 1.29 is 5.11 Å². The Hall–Kier alpha value is -0.900. The molecule has 1 aromatic heterocycles. The maximum Gasteiger partial charge on any atom is 0.111 e. The Kier molecular flexibility index (Phi) is 1.95. The average molecular weight is 155 g/mol. The molecule has 62 valence electrons. The zero-order valence-electron chi connectivity index (χ0n) is 7.00. The van der Waals surface area contributed by atoms with Crippen molar-refractivity contribution in [3.63, 3.8) is 0 Å². The predicted molar refractivity (Wildman–Crippen MR) is 40.8 cm³/mol. The highest BCUT2D eigenvalue weighted by Crippen LogP contribution is 2.30. The Morgan fingerprint density at radius 1 is 1.55 bits per heavy atom. The zero-order chi connectivity index (χ0) is 8.48. The van der Waals surface area contributed by atoms with Crippen molar-refractivity contribution in [2.24, 2.45) is 5.41 Å². The van der Waals surface area contributed by atoms with E-state index in [4.69, 9.17) is 0 Å². The molecule has 11 heavy (non-hydrogen) atoms. The van der Waals surface area contributed by atoms with Gasteiger partial charge in [-0.25, -0.2) is 0 Å². The van der Waals surface area contributed by atoms with Crippen LogP contribution in [0, 0.1) is 5.41 Å². The van der Waals surface area contributed by atoms with Crippen LogP contribution in [0.25, 0.3) is 0 Å². The molecule has 4 heteroatoms. The Labute approximate surface area is 65.6 Å². The summed E-state index contributed by atoms with van der Waals surface area (Å²) in [5, 5.41) is 19.4. The standard InChI is InChI=1S/C7H13N3O/c1-7(2,3)6(11)5-4-8-10-9-5/h4,6,11H,1-3H3,(H,8,9,10). The first kappa shape index (κ1) is 8.20. The highest BCUT2D eigenvalue weighted by Gasteiger charge is 2.25. The monoisotopic (exact) mass is 155 g/mol. The molecule has 1 unspecified atom stereocenters. The van der Waals surface area contributed by atoms with E-state index in [0.29, 0.717) is 5.69 Å². The normalized spacial score (nSPS) is 14.9. The number of aliphatic hydroxyl groups excluding tert-OH is 1. The van der Waals surface area contributed by atoms with Gasteiger partial charge in [0.15, 0.2) is 0 Å². The van der Waals surface area contributed by atoms with Gasteiger partial charge < -0.3 is 5.11 Å². The van der Waals surface area contributed by atoms with Crippen molar-refractivity contribution in [3.05, 3.63) is 11.9 Å². The minimum absolute atomic E-state index is 0.184. The molecule has 0 bridgehead atoms. The van der Waals surface area contributed by atoms with E-state index in [0.717, 1.165) is 0 Å². The molecule has 1 rings (SSSR count). The fourth-order valence-electron chi connectivity index (χ4n) is 0.788. The fraction of sp³-hybridized carbons (Fsp3) is 0.714. The summed E-state index contributed by atoms with van der Waals surface area (Å²) in [6, 6.07) is 0. The van der Waals surface area contributed by atoms with E-state index in [1.807, 2.05) is 20.8 Å². The Balaban J connectivity index is 2.78. The number of nitrogens with one attached hydrogen (secondary N) is 1. The smallest absolute Gasteiger partial charge is 0.111 e. The van der Waals surface area contributed by atoms with Crippen LogP contribution in [0.3, 0.4) is 0 Å². The van der Waals surface area contributed by atoms with Gasteiger partial charge >= 0.3 is 0 Å². The highest BCUT2D eigenvalue weighted by atomic mass is 16.3. The lowest BCUT2D eigenvalue weighted by Gasteiger charge is -2.23. The van der Waals surface area contributed by atoms with Crippen LogP contribution < -0.4 is 0 Å². The van der Waals surface area contributed by atoms with E-state index in [2.05, 4.69) is 15.4 Å². The minimum Gasteiger partial charge on any atom is -0.386 e. The number of aliphatic hydroxyl groups is 1. The number of rotatable bonds is 1. The summed E-state index contributed by atoms with van der Waals surface area (Å²) in [6.45, 7) is 5.85. The summed E-state index contributed by atoms with van der Waals surface area (Å²) in [7, 11) is 0. The molecule has 0 saturated heterocycles. The molecule has 1 aromatic rings. The predicted octanol–water partition coefficient (Wildman–Crippen LogP) is 0.884. The zero-order valence-corrected chi connectivity index (χ0v) is 7.00. The molecule has 0 fully saturated rings. The lowest BCUT2D eigenvalue weighted by atomic mass is 9.88. The quantitative estimate of drug-likeness (QED) is 0.633. The van der Waals surface area contributed by atoms with Gasteiger partial charge in [0.25, 0.3) is 0 Å². The molecular formula is C7H13N3O. The van der Waals surface area contributed by atoms with Gasteiger partial charge in [-0.1, -0.05) is 26.0 Å².